The lowest BCUT2D eigenvalue weighted by Gasteiger charge is -2.25. The third-order valence-electron chi connectivity index (χ3n) is 9.44. The van der Waals surface area contributed by atoms with E-state index < -0.39 is 53.1 Å². The molecule has 292 valence electrons. The molecule has 0 bridgehead atoms. The van der Waals surface area contributed by atoms with Gasteiger partial charge in [0.2, 0.25) is 23.6 Å². The molecule has 16 nitrogen and oxygen atoms in total. The molecule has 4 amide bonds. The lowest BCUT2D eigenvalue weighted by atomic mass is 9.92. The number of aromatic nitrogens is 4. The zero-order chi connectivity index (χ0) is 39.8. The highest BCUT2D eigenvalue weighted by molar-refractivity contribution is 7.93. The van der Waals surface area contributed by atoms with Gasteiger partial charge < -0.3 is 21.3 Å². The van der Waals surface area contributed by atoms with Crippen LogP contribution in [-0.4, -0.2) is 93.1 Å². The quantitative estimate of drug-likeness (QED) is 0.276. The van der Waals surface area contributed by atoms with Gasteiger partial charge in [-0.25, -0.2) is 16.8 Å². The van der Waals surface area contributed by atoms with Crippen LogP contribution in [0.3, 0.4) is 0 Å². The van der Waals surface area contributed by atoms with Crippen molar-refractivity contribution in [2.75, 3.05) is 22.1 Å². The van der Waals surface area contributed by atoms with E-state index >= 15 is 0 Å². The molecule has 2 aliphatic rings. The van der Waals surface area contributed by atoms with Gasteiger partial charge in [0.1, 0.15) is 21.1 Å². The van der Waals surface area contributed by atoms with Crippen LogP contribution in [-0.2, 0) is 63.8 Å². The second kappa shape index (κ2) is 14.9. The largest absolute Gasteiger partial charge is 0.352 e. The van der Waals surface area contributed by atoms with Crippen LogP contribution in [0.2, 0.25) is 0 Å². The van der Waals surface area contributed by atoms with Gasteiger partial charge in [-0.15, -0.1) is 0 Å². The third-order valence-corrected chi connectivity index (χ3v) is 14.6. The lowest BCUT2D eigenvalue weighted by molar-refractivity contribution is -0.120. The number of carbonyl (C=O) groups is 4. The van der Waals surface area contributed by atoms with Gasteiger partial charge in [-0.3, -0.25) is 28.5 Å². The van der Waals surface area contributed by atoms with Gasteiger partial charge in [-0.05, 0) is 40.5 Å². The van der Waals surface area contributed by atoms with Gasteiger partial charge >= 0.3 is 0 Å². The second-order valence-electron chi connectivity index (χ2n) is 16.7. The number of rotatable bonds is 10. The molecule has 4 N–H and O–H groups in total. The number of amides is 4. The minimum Gasteiger partial charge on any atom is -0.352 e. The predicted molar refractivity (Wildman–Crippen MR) is 199 cm³/mol. The lowest BCUT2D eigenvalue weighted by Crippen LogP contribution is -2.48. The summed E-state index contributed by atoms with van der Waals surface area (Å²) < 4.78 is 50.8. The Bertz CT molecular complexity index is 1770. The first kappa shape index (κ1) is 42.6. The highest BCUT2D eigenvalue weighted by Crippen LogP contribution is 2.28. The molecule has 0 aromatic carbocycles. The molecule has 2 aromatic heterocycles. The maximum Gasteiger partial charge on any atom is 0.246 e. The van der Waals surface area contributed by atoms with Crippen molar-refractivity contribution in [2.45, 2.75) is 127 Å². The molecule has 2 fully saturated rings. The fourth-order valence-electron chi connectivity index (χ4n) is 5.27. The van der Waals surface area contributed by atoms with Gasteiger partial charge in [-0.1, -0.05) is 41.5 Å². The molecule has 0 saturated carbocycles. The van der Waals surface area contributed by atoms with Gasteiger partial charge in [0, 0.05) is 62.0 Å². The van der Waals surface area contributed by atoms with Crippen molar-refractivity contribution >= 4 is 54.9 Å². The molecule has 2 atom stereocenters. The molecule has 2 aliphatic heterocycles. The zero-order valence-electron chi connectivity index (χ0n) is 32.4. The van der Waals surface area contributed by atoms with Gasteiger partial charge in [-0.2, -0.15) is 10.2 Å². The molecule has 4 rings (SSSR count). The van der Waals surface area contributed by atoms with Gasteiger partial charge in [0.15, 0.2) is 19.7 Å². The van der Waals surface area contributed by atoms with Crippen LogP contribution in [0.15, 0.2) is 12.1 Å². The summed E-state index contributed by atoms with van der Waals surface area (Å²) in [6.45, 7) is 17.6. The van der Waals surface area contributed by atoms with Crippen LogP contribution in [0, 0.1) is 0 Å². The molecule has 4 heterocycles. The predicted octanol–water partition coefficient (Wildman–Crippen LogP) is 2.26. The number of hydrogen-bond donors (Lipinski definition) is 4. The SMILES string of the molecule is Cn1nc(C(C)(C)C)cc1NC(=O)C(C)(C)S(=O)(=O)CC1CCC(=O)N1.Cn1nc(C(C)(C)C)cc1NC(=O)C(C)(C)S(=O)(=O)CC1CCC(=O)N1. The number of sulfone groups is 2. The van der Waals surface area contributed by atoms with E-state index in [1.807, 2.05) is 41.5 Å². The van der Waals surface area contributed by atoms with Crippen LogP contribution in [0.4, 0.5) is 11.6 Å². The summed E-state index contributed by atoms with van der Waals surface area (Å²) in [5.41, 5.74) is 1.21. The summed E-state index contributed by atoms with van der Waals surface area (Å²) in [6, 6.07) is 2.61. The van der Waals surface area contributed by atoms with E-state index in [9.17, 15) is 36.0 Å². The molecule has 52 heavy (non-hydrogen) atoms. The third kappa shape index (κ3) is 9.79. The van der Waals surface area contributed by atoms with Crippen LogP contribution < -0.4 is 21.3 Å². The highest BCUT2D eigenvalue weighted by atomic mass is 32.2. The molecule has 0 spiro atoms. The van der Waals surface area contributed by atoms with Crippen LogP contribution in [0.5, 0.6) is 0 Å². The number of nitrogens with one attached hydrogen (secondary N) is 4. The number of carbonyl (C=O) groups excluding carboxylic acids is 4. The summed E-state index contributed by atoms with van der Waals surface area (Å²) in [4.78, 5) is 48.0. The van der Waals surface area contributed by atoms with E-state index in [2.05, 4.69) is 31.5 Å². The molecule has 0 aliphatic carbocycles. The maximum absolute atomic E-state index is 12.8. The normalized spacial score (nSPS) is 18.7. The number of nitrogens with zero attached hydrogens (tertiary/aromatic N) is 4. The molecular weight excluding hydrogens is 713 g/mol. The number of aryl methyl sites for hydroxylation is 2. The zero-order valence-corrected chi connectivity index (χ0v) is 34.1. The molecule has 2 saturated heterocycles. The summed E-state index contributed by atoms with van der Waals surface area (Å²) in [5, 5.41) is 19.4. The van der Waals surface area contributed by atoms with E-state index in [0.717, 1.165) is 11.4 Å². The molecule has 2 aromatic rings. The standard InChI is InChI=1S/2C17H28N4O4S/c2*1-16(2,3)12-9-13(21(6)20-12)19-15(23)17(4,5)26(24,25)10-11-7-8-14(22)18-11/h2*9,11H,7-8,10H2,1-6H3,(H,18,22)(H,19,23). The Hall–Kier alpha value is -3.80. The van der Waals surface area contributed by atoms with Crippen LogP contribution in [0.25, 0.3) is 0 Å². The topological polar surface area (TPSA) is 220 Å². The van der Waals surface area contributed by atoms with Crippen molar-refractivity contribution in [1.82, 2.24) is 30.2 Å². The second-order valence-corrected chi connectivity index (χ2v) is 21.8. The Labute approximate surface area is 307 Å². The minimum atomic E-state index is -3.78. The summed E-state index contributed by atoms with van der Waals surface area (Å²) in [5.74, 6) is -1.17. The van der Waals surface area contributed by atoms with Crippen molar-refractivity contribution in [1.29, 1.82) is 0 Å². The van der Waals surface area contributed by atoms with Crippen molar-refractivity contribution in [3.63, 3.8) is 0 Å². The van der Waals surface area contributed by atoms with E-state index in [1.54, 1.807) is 26.2 Å². The Morgan fingerprint density at radius 2 is 0.981 bits per heavy atom. The number of hydrogen-bond acceptors (Lipinski definition) is 10. The summed E-state index contributed by atoms with van der Waals surface area (Å²) >= 11 is 0. The number of anilines is 2. The smallest absolute Gasteiger partial charge is 0.246 e. The first-order chi connectivity index (χ1) is 23.5. The monoisotopic (exact) mass is 768 g/mol. The van der Waals surface area contributed by atoms with Crippen LogP contribution in [0.1, 0.15) is 106 Å². The Morgan fingerprint density at radius 3 is 1.21 bits per heavy atom. The van der Waals surface area contributed by atoms with Crippen molar-refractivity contribution in [3.05, 3.63) is 23.5 Å². The highest BCUT2D eigenvalue weighted by Gasteiger charge is 2.45. The minimum absolute atomic E-state index is 0.156. The Morgan fingerprint density at radius 1 is 0.673 bits per heavy atom. The Balaban J connectivity index is 0.000000280. The molecule has 2 unspecified atom stereocenters. The van der Waals surface area contributed by atoms with Gasteiger partial charge in [0.25, 0.3) is 0 Å². The van der Waals surface area contributed by atoms with Crippen molar-refractivity contribution in [3.8, 4) is 0 Å². The fraction of sp³-hybridized carbons (Fsp3) is 0.706. The Kier molecular flexibility index (Phi) is 12.2. The first-order valence-corrected chi connectivity index (χ1v) is 20.5. The molecule has 18 heteroatoms. The molecular formula is C34H56N8O8S2. The van der Waals surface area contributed by atoms with E-state index in [-0.39, 0.29) is 34.2 Å². The van der Waals surface area contributed by atoms with Gasteiger partial charge in [0.05, 0.1) is 22.9 Å². The van der Waals surface area contributed by atoms with Crippen molar-refractivity contribution in [2.24, 2.45) is 14.1 Å². The van der Waals surface area contributed by atoms with E-state index in [1.165, 1.54) is 37.1 Å². The summed E-state index contributed by atoms with van der Waals surface area (Å²) in [7, 11) is -4.16. The molecule has 0 radical (unpaired) electrons. The van der Waals surface area contributed by atoms with Crippen molar-refractivity contribution < 1.29 is 36.0 Å². The maximum atomic E-state index is 12.8. The van der Waals surface area contributed by atoms with Crippen LogP contribution >= 0.6 is 0 Å². The first-order valence-electron chi connectivity index (χ1n) is 17.2. The van der Waals surface area contributed by atoms with E-state index in [0.29, 0.717) is 37.3 Å². The fourth-order valence-corrected chi connectivity index (χ4v) is 8.33. The average Bonchev–Trinajstić information content (AvgIpc) is 3.77. The van der Waals surface area contributed by atoms with E-state index in [4.69, 9.17) is 0 Å². The summed E-state index contributed by atoms with van der Waals surface area (Å²) in [6.07, 6.45) is 1.56. The average molecular weight is 769 g/mol.